The highest BCUT2D eigenvalue weighted by Crippen LogP contribution is 2.14. The summed E-state index contributed by atoms with van der Waals surface area (Å²) in [6.07, 6.45) is 0. The van der Waals surface area contributed by atoms with Gasteiger partial charge in [-0.15, -0.1) is 11.3 Å². The minimum absolute atomic E-state index is 0.0750. The molecule has 1 aromatic heterocycles. The van der Waals surface area contributed by atoms with Gasteiger partial charge in [-0.05, 0) is 6.92 Å². The molecule has 0 bridgehead atoms. The molecule has 0 radical (unpaired) electrons. The second-order valence-corrected chi connectivity index (χ2v) is 4.36. The molecule has 4 nitrogen and oxygen atoms in total. The lowest BCUT2D eigenvalue weighted by Crippen LogP contribution is -2.61. The van der Waals surface area contributed by atoms with Crippen molar-refractivity contribution in [2.24, 2.45) is 0 Å². The molecule has 1 aliphatic heterocycles. The fraction of sp³-hybridized carbons (Fsp3) is 0.556. The summed E-state index contributed by atoms with van der Waals surface area (Å²) in [6.45, 7) is 4.33. The Morgan fingerprint density at radius 3 is 3.07 bits per heavy atom. The van der Waals surface area contributed by atoms with E-state index in [4.69, 9.17) is 0 Å². The number of nitrogens with zero attached hydrogens (tertiary/aromatic N) is 1. The van der Waals surface area contributed by atoms with Gasteiger partial charge in [0.1, 0.15) is 5.69 Å². The minimum Gasteiger partial charge on any atom is -0.313 e. The SMILES string of the molecule is CC1(C(=O)c2cscn2)CNCCN1. The number of carbonyl (C=O) groups excluding carboxylic acids is 1. The molecule has 14 heavy (non-hydrogen) atoms. The Morgan fingerprint density at radius 2 is 2.50 bits per heavy atom. The monoisotopic (exact) mass is 211 g/mol. The second-order valence-electron chi connectivity index (χ2n) is 3.64. The highest BCUT2D eigenvalue weighted by Gasteiger charge is 2.35. The molecule has 0 spiro atoms. The zero-order valence-electron chi connectivity index (χ0n) is 8.04. The van der Waals surface area contributed by atoms with Crippen LogP contribution in [0.5, 0.6) is 0 Å². The van der Waals surface area contributed by atoms with Crippen molar-refractivity contribution in [2.45, 2.75) is 12.5 Å². The fourth-order valence-corrected chi connectivity index (χ4v) is 2.13. The zero-order valence-corrected chi connectivity index (χ0v) is 8.86. The Morgan fingerprint density at radius 1 is 1.64 bits per heavy atom. The van der Waals surface area contributed by atoms with Crippen molar-refractivity contribution >= 4 is 17.1 Å². The summed E-state index contributed by atoms with van der Waals surface area (Å²) in [7, 11) is 0. The van der Waals surface area contributed by atoms with Crippen LogP contribution < -0.4 is 10.6 Å². The van der Waals surface area contributed by atoms with Crippen molar-refractivity contribution in [1.82, 2.24) is 15.6 Å². The molecule has 1 aliphatic rings. The molecule has 1 unspecified atom stereocenters. The Labute approximate surface area is 86.7 Å². The molecule has 76 valence electrons. The highest BCUT2D eigenvalue weighted by atomic mass is 32.1. The van der Waals surface area contributed by atoms with Gasteiger partial charge in [0, 0.05) is 25.0 Å². The summed E-state index contributed by atoms with van der Waals surface area (Å²) < 4.78 is 0. The smallest absolute Gasteiger partial charge is 0.203 e. The van der Waals surface area contributed by atoms with Crippen molar-refractivity contribution in [3.05, 3.63) is 16.6 Å². The number of thiazole rings is 1. The molecule has 1 atom stereocenters. The Hall–Kier alpha value is -0.780. The predicted molar refractivity (Wildman–Crippen MR) is 55.7 cm³/mol. The van der Waals surface area contributed by atoms with E-state index in [0.29, 0.717) is 12.2 Å². The number of Topliss-reactive ketones (excluding diaryl/α,β-unsaturated/α-hetero) is 1. The quantitative estimate of drug-likeness (QED) is 0.690. The van der Waals surface area contributed by atoms with Crippen LogP contribution in [-0.2, 0) is 0 Å². The van der Waals surface area contributed by atoms with Gasteiger partial charge < -0.3 is 10.6 Å². The van der Waals surface area contributed by atoms with Gasteiger partial charge in [0.05, 0.1) is 11.0 Å². The molecule has 2 heterocycles. The third kappa shape index (κ3) is 1.70. The molecule has 1 fully saturated rings. The lowest BCUT2D eigenvalue weighted by Gasteiger charge is -2.33. The van der Waals surface area contributed by atoms with Gasteiger partial charge in [-0.2, -0.15) is 0 Å². The number of ketones is 1. The average Bonchev–Trinajstić information content (AvgIpc) is 2.70. The molecule has 1 aromatic rings. The van der Waals surface area contributed by atoms with E-state index in [1.807, 2.05) is 6.92 Å². The number of hydrogen-bond donors (Lipinski definition) is 2. The first kappa shape index (κ1) is 9.76. The molecule has 0 saturated carbocycles. The van der Waals surface area contributed by atoms with Crippen LogP contribution in [0.15, 0.2) is 10.9 Å². The van der Waals surface area contributed by atoms with E-state index in [9.17, 15) is 4.79 Å². The standard InChI is InChI=1S/C9H13N3OS/c1-9(5-10-2-3-12-9)8(13)7-4-14-6-11-7/h4,6,10,12H,2-3,5H2,1H3. The summed E-state index contributed by atoms with van der Waals surface area (Å²) in [5.41, 5.74) is 1.76. The second kappa shape index (κ2) is 3.76. The molecule has 2 rings (SSSR count). The first-order valence-corrected chi connectivity index (χ1v) is 5.55. The molecule has 0 amide bonds. The third-order valence-corrected chi connectivity index (χ3v) is 3.05. The summed E-state index contributed by atoms with van der Waals surface area (Å²) in [6, 6.07) is 0. The van der Waals surface area contributed by atoms with Crippen LogP contribution in [0, 0.1) is 0 Å². The van der Waals surface area contributed by atoms with E-state index in [2.05, 4.69) is 15.6 Å². The number of hydrogen-bond acceptors (Lipinski definition) is 5. The maximum Gasteiger partial charge on any atom is 0.203 e. The van der Waals surface area contributed by atoms with E-state index in [1.54, 1.807) is 10.9 Å². The van der Waals surface area contributed by atoms with E-state index >= 15 is 0 Å². The van der Waals surface area contributed by atoms with Crippen LogP contribution in [0.1, 0.15) is 17.4 Å². The Bertz CT molecular complexity index is 317. The van der Waals surface area contributed by atoms with Crippen LogP contribution in [0.2, 0.25) is 0 Å². The molecular weight excluding hydrogens is 198 g/mol. The van der Waals surface area contributed by atoms with Crippen LogP contribution in [-0.4, -0.2) is 35.9 Å². The summed E-state index contributed by atoms with van der Waals surface area (Å²) in [4.78, 5) is 16.1. The molecule has 5 heteroatoms. The summed E-state index contributed by atoms with van der Waals surface area (Å²) >= 11 is 1.45. The van der Waals surface area contributed by atoms with Crippen LogP contribution in [0.25, 0.3) is 0 Å². The number of nitrogens with one attached hydrogen (secondary N) is 2. The molecule has 1 saturated heterocycles. The normalized spacial score (nSPS) is 27.5. The number of piperazine rings is 1. The predicted octanol–water partition coefficient (Wildman–Crippen LogP) is 0.277. The van der Waals surface area contributed by atoms with Gasteiger partial charge in [-0.1, -0.05) is 0 Å². The number of carbonyl (C=O) groups is 1. The number of aromatic nitrogens is 1. The van der Waals surface area contributed by atoms with Gasteiger partial charge in [-0.3, -0.25) is 4.79 Å². The van der Waals surface area contributed by atoms with Gasteiger partial charge in [0.2, 0.25) is 5.78 Å². The van der Waals surface area contributed by atoms with Crippen molar-refractivity contribution in [3.8, 4) is 0 Å². The third-order valence-electron chi connectivity index (χ3n) is 2.46. The lowest BCUT2D eigenvalue weighted by molar-refractivity contribution is 0.0845. The van der Waals surface area contributed by atoms with E-state index < -0.39 is 5.54 Å². The lowest BCUT2D eigenvalue weighted by atomic mass is 9.93. The maximum atomic E-state index is 12.0. The first-order valence-electron chi connectivity index (χ1n) is 4.61. The minimum atomic E-state index is -0.494. The molecule has 0 aromatic carbocycles. The van der Waals surface area contributed by atoms with E-state index in [-0.39, 0.29) is 5.78 Å². The molecule has 2 N–H and O–H groups in total. The van der Waals surface area contributed by atoms with Crippen molar-refractivity contribution in [1.29, 1.82) is 0 Å². The Kier molecular flexibility index (Phi) is 2.62. The van der Waals surface area contributed by atoms with Crippen molar-refractivity contribution < 1.29 is 4.79 Å². The average molecular weight is 211 g/mol. The first-order chi connectivity index (χ1) is 6.72. The zero-order chi connectivity index (χ0) is 10.0. The fourth-order valence-electron chi connectivity index (χ4n) is 1.60. The van der Waals surface area contributed by atoms with Gasteiger partial charge in [0.25, 0.3) is 0 Å². The van der Waals surface area contributed by atoms with Gasteiger partial charge in [-0.25, -0.2) is 4.98 Å². The molecular formula is C9H13N3OS. The largest absolute Gasteiger partial charge is 0.313 e. The van der Waals surface area contributed by atoms with E-state index in [0.717, 1.165) is 13.1 Å². The maximum absolute atomic E-state index is 12.0. The summed E-state index contributed by atoms with van der Waals surface area (Å²) in [5, 5.41) is 8.24. The van der Waals surface area contributed by atoms with E-state index in [1.165, 1.54) is 11.3 Å². The van der Waals surface area contributed by atoms with Gasteiger partial charge >= 0.3 is 0 Å². The Balaban J connectivity index is 2.17. The highest BCUT2D eigenvalue weighted by molar-refractivity contribution is 7.07. The van der Waals surface area contributed by atoms with Crippen molar-refractivity contribution in [2.75, 3.05) is 19.6 Å². The van der Waals surface area contributed by atoms with Crippen LogP contribution in [0.3, 0.4) is 0 Å². The number of rotatable bonds is 2. The van der Waals surface area contributed by atoms with Crippen LogP contribution in [0.4, 0.5) is 0 Å². The summed E-state index contributed by atoms with van der Waals surface area (Å²) in [5.74, 6) is 0.0750. The molecule has 0 aliphatic carbocycles. The van der Waals surface area contributed by atoms with Crippen LogP contribution >= 0.6 is 11.3 Å². The van der Waals surface area contributed by atoms with Gasteiger partial charge in [0.15, 0.2) is 0 Å². The topological polar surface area (TPSA) is 54.0 Å². The van der Waals surface area contributed by atoms with Crippen molar-refractivity contribution in [3.63, 3.8) is 0 Å².